The number of carbonyl (C=O) groups excluding carboxylic acids is 2. The fraction of sp³-hybridized carbons (Fsp3) is 0.0500. The molecule has 0 aliphatic carbocycles. The molecule has 29 heavy (non-hydrogen) atoms. The number of amides is 2. The number of hydrogen-bond donors (Lipinski definition) is 2. The summed E-state index contributed by atoms with van der Waals surface area (Å²) in [4.78, 5) is 23.8. The van der Waals surface area contributed by atoms with E-state index >= 15 is 0 Å². The van der Waals surface area contributed by atoms with Gasteiger partial charge in [-0.05, 0) is 42.5 Å². The Morgan fingerprint density at radius 3 is 2.52 bits per heavy atom. The molecular formula is C20H15Cl2N3O4. The molecule has 0 aliphatic rings. The predicted molar refractivity (Wildman–Crippen MR) is 112 cm³/mol. The first-order valence-corrected chi connectivity index (χ1v) is 9.05. The van der Waals surface area contributed by atoms with Crippen LogP contribution in [0, 0.1) is 0 Å². The van der Waals surface area contributed by atoms with Crippen molar-refractivity contribution in [3.8, 4) is 17.1 Å². The molecule has 0 saturated carbocycles. The van der Waals surface area contributed by atoms with Crippen LogP contribution in [0.1, 0.15) is 5.76 Å². The molecule has 0 saturated heterocycles. The molecule has 3 aromatic rings. The lowest BCUT2D eigenvalue weighted by molar-refractivity contribution is -0.136. The standard InChI is InChI=1S/C20H15Cl2N3O4/c1-28-16-4-2-3-15(10-16)24-19(26)20(27)25-23-11-17-5-6-18(29-17)12-7-13(21)9-14(22)8-12/h2-11H,1H3,(H,24,26)(H,25,27)/b23-11-. The number of carbonyl (C=O) groups is 2. The minimum absolute atomic E-state index is 0.365. The Balaban J connectivity index is 1.58. The van der Waals surface area contributed by atoms with Gasteiger partial charge in [-0.15, -0.1) is 0 Å². The summed E-state index contributed by atoms with van der Waals surface area (Å²) in [6, 6.07) is 15.0. The van der Waals surface area contributed by atoms with Crippen LogP contribution < -0.4 is 15.5 Å². The number of nitrogens with one attached hydrogen (secondary N) is 2. The van der Waals surface area contributed by atoms with Crippen molar-refractivity contribution in [2.24, 2.45) is 5.10 Å². The van der Waals surface area contributed by atoms with Crippen LogP contribution in [0.15, 0.2) is 64.1 Å². The Hall–Kier alpha value is -3.29. The van der Waals surface area contributed by atoms with Gasteiger partial charge in [0.1, 0.15) is 17.3 Å². The largest absolute Gasteiger partial charge is 0.497 e. The average Bonchev–Trinajstić information content (AvgIpc) is 3.16. The molecule has 0 bridgehead atoms. The smallest absolute Gasteiger partial charge is 0.329 e. The van der Waals surface area contributed by atoms with Crippen LogP contribution in [0.2, 0.25) is 10.0 Å². The van der Waals surface area contributed by atoms with Crippen LogP contribution in [0.25, 0.3) is 11.3 Å². The van der Waals surface area contributed by atoms with Crippen molar-refractivity contribution in [1.29, 1.82) is 0 Å². The molecule has 0 atom stereocenters. The summed E-state index contributed by atoms with van der Waals surface area (Å²) >= 11 is 12.0. The van der Waals surface area contributed by atoms with Crippen molar-refractivity contribution < 1.29 is 18.7 Å². The number of hydrazone groups is 1. The first kappa shape index (κ1) is 20.4. The van der Waals surface area contributed by atoms with Crippen LogP contribution in [0.5, 0.6) is 5.75 Å². The fourth-order valence-electron chi connectivity index (χ4n) is 2.37. The maximum Gasteiger partial charge on any atom is 0.329 e. The first-order valence-electron chi connectivity index (χ1n) is 8.29. The summed E-state index contributed by atoms with van der Waals surface area (Å²) in [7, 11) is 1.50. The van der Waals surface area contributed by atoms with Gasteiger partial charge in [-0.2, -0.15) is 5.10 Å². The van der Waals surface area contributed by atoms with E-state index in [0.717, 1.165) is 0 Å². The summed E-state index contributed by atoms with van der Waals surface area (Å²) in [6.07, 6.45) is 1.27. The molecule has 0 radical (unpaired) electrons. The number of nitrogens with zero attached hydrogens (tertiary/aromatic N) is 1. The van der Waals surface area contributed by atoms with E-state index in [-0.39, 0.29) is 0 Å². The molecule has 7 nitrogen and oxygen atoms in total. The molecule has 1 aromatic heterocycles. The number of halogens is 2. The lowest BCUT2D eigenvalue weighted by Crippen LogP contribution is -2.32. The minimum atomic E-state index is -0.933. The third-order valence-corrected chi connectivity index (χ3v) is 4.10. The minimum Gasteiger partial charge on any atom is -0.497 e. The summed E-state index contributed by atoms with van der Waals surface area (Å²) < 4.78 is 10.7. The zero-order valence-corrected chi connectivity index (χ0v) is 16.6. The van der Waals surface area contributed by atoms with Gasteiger partial charge >= 0.3 is 11.8 Å². The number of furan rings is 1. The fourth-order valence-corrected chi connectivity index (χ4v) is 2.89. The van der Waals surface area contributed by atoms with Crippen molar-refractivity contribution in [1.82, 2.24) is 5.43 Å². The molecule has 1 heterocycles. The lowest BCUT2D eigenvalue weighted by atomic mass is 10.2. The molecule has 0 aliphatic heterocycles. The van der Waals surface area contributed by atoms with Gasteiger partial charge < -0.3 is 14.5 Å². The molecule has 3 rings (SSSR count). The van der Waals surface area contributed by atoms with E-state index in [2.05, 4.69) is 15.8 Å². The lowest BCUT2D eigenvalue weighted by Gasteiger charge is -2.05. The number of rotatable bonds is 5. The van der Waals surface area contributed by atoms with Crippen molar-refractivity contribution in [2.45, 2.75) is 0 Å². The van der Waals surface area contributed by atoms with Crippen LogP contribution in [0.4, 0.5) is 5.69 Å². The number of benzene rings is 2. The molecular weight excluding hydrogens is 417 g/mol. The van der Waals surface area contributed by atoms with Crippen LogP contribution in [-0.4, -0.2) is 25.1 Å². The Morgan fingerprint density at radius 1 is 1.03 bits per heavy atom. The van der Waals surface area contributed by atoms with Gasteiger partial charge in [0.25, 0.3) is 0 Å². The van der Waals surface area contributed by atoms with E-state index in [1.54, 1.807) is 54.6 Å². The van der Waals surface area contributed by atoms with Crippen molar-refractivity contribution in [3.05, 3.63) is 70.4 Å². The van der Waals surface area contributed by atoms with Gasteiger partial charge in [0, 0.05) is 27.4 Å². The Bertz CT molecular complexity index is 1060. The number of anilines is 1. The maximum atomic E-state index is 11.9. The zero-order valence-electron chi connectivity index (χ0n) is 15.1. The Kier molecular flexibility index (Phi) is 6.54. The van der Waals surface area contributed by atoms with Crippen LogP contribution >= 0.6 is 23.2 Å². The monoisotopic (exact) mass is 431 g/mol. The molecule has 0 unspecified atom stereocenters. The number of ether oxygens (including phenoxy) is 1. The molecule has 0 fully saturated rings. The highest BCUT2D eigenvalue weighted by Gasteiger charge is 2.13. The van der Waals surface area contributed by atoms with Crippen molar-refractivity contribution >= 4 is 46.9 Å². The third kappa shape index (κ3) is 5.60. The highest BCUT2D eigenvalue weighted by atomic mass is 35.5. The number of hydrogen-bond acceptors (Lipinski definition) is 5. The Labute approximate surface area is 176 Å². The van der Waals surface area contributed by atoms with E-state index < -0.39 is 11.8 Å². The highest BCUT2D eigenvalue weighted by molar-refractivity contribution is 6.39. The van der Waals surface area contributed by atoms with E-state index in [1.165, 1.54) is 13.3 Å². The highest BCUT2D eigenvalue weighted by Crippen LogP contribution is 2.28. The summed E-state index contributed by atoms with van der Waals surface area (Å²) in [5.41, 5.74) is 3.25. The van der Waals surface area contributed by atoms with Crippen LogP contribution in [-0.2, 0) is 9.59 Å². The van der Waals surface area contributed by atoms with Gasteiger partial charge in [0.05, 0.1) is 13.3 Å². The third-order valence-electron chi connectivity index (χ3n) is 3.67. The Morgan fingerprint density at radius 2 is 1.79 bits per heavy atom. The molecule has 2 aromatic carbocycles. The predicted octanol–water partition coefficient (Wildman–Crippen LogP) is 4.35. The van der Waals surface area contributed by atoms with Gasteiger partial charge in [-0.3, -0.25) is 9.59 Å². The molecule has 9 heteroatoms. The second kappa shape index (κ2) is 9.27. The second-order valence-electron chi connectivity index (χ2n) is 5.75. The zero-order chi connectivity index (χ0) is 20.8. The summed E-state index contributed by atoms with van der Waals surface area (Å²) in [5.74, 6) is -0.361. The van der Waals surface area contributed by atoms with E-state index in [0.29, 0.717) is 38.6 Å². The van der Waals surface area contributed by atoms with E-state index in [9.17, 15) is 9.59 Å². The maximum absolute atomic E-state index is 11.9. The first-order chi connectivity index (χ1) is 13.9. The molecule has 2 N–H and O–H groups in total. The van der Waals surface area contributed by atoms with Gasteiger partial charge in [0.2, 0.25) is 0 Å². The summed E-state index contributed by atoms with van der Waals surface area (Å²) in [5, 5.41) is 7.13. The van der Waals surface area contributed by atoms with Gasteiger partial charge in [0.15, 0.2) is 0 Å². The normalized spacial score (nSPS) is 10.7. The second-order valence-corrected chi connectivity index (χ2v) is 6.62. The summed E-state index contributed by atoms with van der Waals surface area (Å²) in [6.45, 7) is 0. The molecule has 148 valence electrons. The van der Waals surface area contributed by atoms with E-state index in [4.69, 9.17) is 32.4 Å². The number of methoxy groups -OCH3 is 1. The average molecular weight is 432 g/mol. The van der Waals surface area contributed by atoms with Crippen LogP contribution in [0.3, 0.4) is 0 Å². The SMILES string of the molecule is COc1cccc(NC(=O)C(=O)N/N=C\c2ccc(-c3cc(Cl)cc(Cl)c3)o2)c1. The van der Waals surface area contributed by atoms with Gasteiger partial charge in [-0.1, -0.05) is 29.3 Å². The quantitative estimate of drug-likeness (QED) is 0.356. The molecule has 0 spiro atoms. The van der Waals surface area contributed by atoms with E-state index in [1.807, 2.05) is 0 Å². The topological polar surface area (TPSA) is 92.9 Å². The van der Waals surface area contributed by atoms with Crippen molar-refractivity contribution in [2.75, 3.05) is 12.4 Å². The van der Waals surface area contributed by atoms with Gasteiger partial charge in [-0.25, -0.2) is 5.43 Å². The molecule has 2 amide bonds. The van der Waals surface area contributed by atoms with Crippen molar-refractivity contribution in [3.63, 3.8) is 0 Å².